The minimum atomic E-state index is -4.84. The van der Waals surface area contributed by atoms with Crippen LogP contribution in [0.5, 0.6) is 5.75 Å². The first-order valence-corrected chi connectivity index (χ1v) is 3.97. The van der Waals surface area contributed by atoms with E-state index in [4.69, 9.17) is 5.53 Å². The molecule has 86 valence electrons. The Kier molecular flexibility index (Phi) is 3.57. The van der Waals surface area contributed by atoms with Crippen LogP contribution in [0.2, 0.25) is 0 Å². The average Bonchev–Trinajstić information content (AvgIpc) is 2.17. The lowest BCUT2D eigenvalue weighted by atomic mass is 10.2. The molecule has 1 aromatic rings. The number of hydrogen-bond donors (Lipinski definition) is 0. The molecule has 4 nitrogen and oxygen atoms in total. The number of ether oxygens (including phenoxy) is 1. The van der Waals surface area contributed by atoms with Crippen LogP contribution in [0, 0.1) is 5.82 Å². The summed E-state index contributed by atoms with van der Waals surface area (Å²) in [6, 6.07) is 2.48. The summed E-state index contributed by atoms with van der Waals surface area (Å²) in [4.78, 5) is 2.37. The van der Waals surface area contributed by atoms with Crippen LogP contribution >= 0.6 is 0 Å². The van der Waals surface area contributed by atoms with Crippen molar-refractivity contribution in [2.45, 2.75) is 12.9 Å². The predicted molar refractivity (Wildman–Crippen MR) is 45.9 cm³/mol. The zero-order valence-electron chi connectivity index (χ0n) is 7.70. The van der Waals surface area contributed by atoms with Gasteiger partial charge in [0.1, 0.15) is 11.6 Å². The van der Waals surface area contributed by atoms with Gasteiger partial charge in [-0.1, -0.05) is 5.11 Å². The van der Waals surface area contributed by atoms with E-state index in [-0.39, 0.29) is 12.1 Å². The summed E-state index contributed by atoms with van der Waals surface area (Å²) in [5, 5.41) is 3.04. The largest absolute Gasteiger partial charge is 0.573 e. The molecule has 0 saturated carbocycles. The van der Waals surface area contributed by atoms with Crippen LogP contribution in [0.3, 0.4) is 0 Å². The Morgan fingerprint density at radius 2 is 2.06 bits per heavy atom. The maximum absolute atomic E-state index is 13.0. The van der Waals surface area contributed by atoms with Crippen molar-refractivity contribution in [3.8, 4) is 5.75 Å². The average molecular weight is 235 g/mol. The molecular weight excluding hydrogens is 230 g/mol. The fourth-order valence-corrected chi connectivity index (χ4v) is 0.977. The summed E-state index contributed by atoms with van der Waals surface area (Å²) in [6.07, 6.45) is -4.84. The van der Waals surface area contributed by atoms with E-state index in [9.17, 15) is 17.6 Å². The normalized spacial score (nSPS) is 10.8. The van der Waals surface area contributed by atoms with Crippen molar-refractivity contribution < 1.29 is 22.3 Å². The molecule has 0 unspecified atom stereocenters. The molecule has 0 aliphatic heterocycles. The summed E-state index contributed by atoms with van der Waals surface area (Å²) < 4.78 is 52.1. The van der Waals surface area contributed by atoms with Gasteiger partial charge in [0.05, 0.1) is 6.54 Å². The second-order valence-corrected chi connectivity index (χ2v) is 2.69. The Balaban J connectivity index is 2.93. The Morgan fingerprint density at radius 3 is 2.62 bits per heavy atom. The number of hydrogen-bond acceptors (Lipinski definition) is 2. The lowest BCUT2D eigenvalue weighted by Gasteiger charge is -2.09. The molecule has 0 heterocycles. The van der Waals surface area contributed by atoms with Gasteiger partial charge in [-0.05, 0) is 29.3 Å². The van der Waals surface area contributed by atoms with Gasteiger partial charge in [0.25, 0.3) is 0 Å². The third-order valence-electron chi connectivity index (χ3n) is 1.56. The van der Waals surface area contributed by atoms with E-state index in [1.165, 1.54) is 0 Å². The lowest BCUT2D eigenvalue weighted by molar-refractivity contribution is -0.274. The zero-order valence-corrected chi connectivity index (χ0v) is 7.70. The first-order chi connectivity index (χ1) is 7.42. The van der Waals surface area contributed by atoms with Gasteiger partial charge in [-0.2, -0.15) is 0 Å². The van der Waals surface area contributed by atoms with Crippen molar-refractivity contribution in [1.29, 1.82) is 0 Å². The van der Waals surface area contributed by atoms with E-state index in [1.54, 1.807) is 0 Å². The highest BCUT2D eigenvalue weighted by molar-refractivity contribution is 5.30. The Hall–Kier alpha value is -1.95. The molecule has 0 aliphatic rings. The number of rotatable bonds is 3. The zero-order chi connectivity index (χ0) is 12.2. The minimum Gasteiger partial charge on any atom is -0.406 e. The molecule has 0 bridgehead atoms. The SMILES string of the molecule is [N-]=[N+]=NCc1cc(OC(F)(F)F)ccc1F. The summed E-state index contributed by atoms with van der Waals surface area (Å²) in [5.74, 6) is -1.32. The van der Waals surface area contributed by atoms with Crippen molar-refractivity contribution in [2.24, 2.45) is 5.11 Å². The van der Waals surface area contributed by atoms with E-state index in [0.717, 1.165) is 18.2 Å². The molecule has 0 fully saturated rings. The molecule has 0 radical (unpaired) electrons. The summed E-state index contributed by atoms with van der Waals surface area (Å²) in [5.41, 5.74) is 7.83. The third kappa shape index (κ3) is 3.66. The van der Waals surface area contributed by atoms with Crippen LogP contribution in [0.15, 0.2) is 23.3 Å². The van der Waals surface area contributed by atoms with E-state index in [0.29, 0.717) is 0 Å². The smallest absolute Gasteiger partial charge is 0.406 e. The number of halogens is 4. The summed E-state index contributed by atoms with van der Waals surface area (Å²) in [7, 11) is 0. The minimum absolute atomic E-state index is 0.167. The van der Waals surface area contributed by atoms with Crippen LogP contribution in [0.25, 0.3) is 10.4 Å². The molecule has 0 spiro atoms. The van der Waals surface area contributed by atoms with Gasteiger partial charge in [0, 0.05) is 4.91 Å². The highest BCUT2D eigenvalue weighted by atomic mass is 19.4. The standard InChI is InChI=1S/C8H5F4N3O/c9-7-2-1-6(16-8(10,11)12)3-5(7)4-14-15-13/h1-3H,4H2. The first kappa shape index (κ1) is 12.1. The summed E-state index contributed by atoms with van der Waals surface area (Å²) >= 11 is 0. The lowest BCUT2D eigenvalue weighted by Crippen LogP contribution is -2.17. The van der Waals surface area contributed by atoms with Crippen molar-refractivity contribution in [1.82, 2.24) is 0 Å². The van der Waals surface area contributed by atoms with Gasteiger partial charge in [0.2, 0.25) is 0 Å². The Morgan fingerprint density at radius 1 is 1.38 bits per heavy atom. The van der Waals surface area contributed by atoms with Gasteiger partial charge >= 0.3 is 6.36 Å². The molecule has 0 atom stereocenters. The molecule has 0 aliphatic carbocycles. The summed E-state index contributed by atoms with van der Waals surface area (Å²) in [6.45, 7) is -0.378. The highest BCUT2D eigenvalue weighted by Crippen LogP contribution is 2.24. The van der Waals surface area contributed by atoms with Crippen LogP contribution < -0.4 is 4.74 Å². The number of alkyl halides is 3. The van der Waals surface area contributed by atoms with Crippen molar-refractivity contribution in [2.75, 3.05) is 0 Å². The fourth-order valence-electron chi connectivity index (χ4n) is 0.977. The van der Waals surface area contributed by atoms with Crippen molar-refractivity contribution in [3.05, 3.63) is 40.0 Å². The van der Waals surface area contributed by atoms with Gasteiger partial charge in [-0.15, -0.1) is 13.2 Å². The molecule has 0 amide bonds. The Labute approximate surface area is 87.1 Å². The van der Waals surface area contributed by atoms with Crippen molar-refractivity contribution in [3.63, 3.8) is 0 Å². The highest BCUT2D eigenvalue weighted by Gasteiger charge is 2.31. The quantitative estimate of drug-likeness (QED) is 0.342. The van der Waals surface area contributed by atoms with Gasteiger partial charge in [-0.3, -0.25) is 0 Å². The predicted octanol–water partition coefficient (Wildman–Crippen LogP) is 3.53. The fraction of sp³-hybridized carbons (Fsp3) is 0.250. The second-order valence-electron chi connectivity index (χ2n) is 2.69. The van der Waals surface area contributed by atoms with E-state index >= 15 is 0 Å². The molecule has 8 heteroatoms. The van der Waals surface area contributed by atoms with Crippen LogP contribution in [-0.4, -0.2) is 6.36 Å². The second kappa shape index (κ2) is 4.71. The van der Waals surface area contributed by atoms with Gasteiger partial charge in [0.15, 0.2) is 0 Å². The maximum Gasteiger partial charge on any atom is 0.573 e. The van der Waals surface area contributed by atoms with E-state index < -0.39 is 17.9 Å². The van der Waals surface area contributed by atoms with Crippen LogP contribution in [-0.2, 0) is 6.54 Å². The third-order valence-corrected chi connectivity index (χ3v) is 1.56. The molecule has 0 N–H and O–H groups in total. The van der Waals surface area contributed by atoms with E-state index in [1.807, 2.05) is 0 Å². The van der Waals surface area contributed by atoms with E-state index in [2.05, 4.69) is 14.8 Å². The number of benzene rings is 1. The number of azide groups is 1. The molecule has 0 aromatic heterocycles. The van der Waals surface area contributed by atoms with Gasteiger partial charge < -0.3 is 4.74 Å². The molecule has 1 aromatic carbocycles. The van der Waals surface area contributed by atoms with Gasteiger partial charge in [-0.25, -0.2) is 4.39 Å². The monoisotopic (exact) mass is 235 g/mol. The Bertz CT molecular complexity index is 426. The molecule has 0 saturated heterocycles. The molecule has 1 rings (SSSR count). The van der Waals surface area contributed by atoms with Crippen molar-refractivity contribution >= 4 is 0 Å². The molecular formula is C8H5F4N3O. The van der Waals surface area contributed by atoms with Crippen LogP contribution in [0.4, 0.5) is 17.6 Å². The topological polar surface area (TPSA) is 58.0 Å². The first-order valence-electron chi connectivity index (χ1n) is 3.97. The molecule has 16 heavy (non-hydrogen) atoms. The maximum atomic E-state index is 13.0. The number of nitrogens with zero attached hydrogens (tertiary/aromatic N) is 3. The van der Waals surface area contributed by atoms with Crippen LogP contribution in [0.1, 0.15) is 5.56 Å².